The number of benzene rings is 2. The van der Waals surface area contributed by atoms with E-state index in [0.717, 1.165) is 11.8 Å². The molecule has 0 spiro atoms. The minimum absolute atomic E-state index is 0.00731. The molecule has 0 aliphatic carbocycles. The number of nitrogens with zero attached hydrogens (tertiary/aromatic N) is 4. The quantitative estimate of drug-likeness (QED) is 0.160. The van der Waals surface area contributed by atoms with Crippen LogP contribution in [0.5, 0.6) is 5.88 Å². The number of pyridine rings is 1. The summed E-state index contributed by atoms with van der Waals surface area (Å²) in [7, 11) is 0. The Morgan fingerprint density at radius 1 is 1.09 bits per heavy atom. The van der Waals surface area contributed by atoms with Crippen LogP contribution in [0.4, 0.5) is 5.69 Å². The van der Waals surface area contributed by atoms with E-state index in [1.807, 2.05) is 18.2 Å². The standard InChI is InChI=1S/C22H15ClN4O4S/c1-14-19(32-18-12-6-5-11-17(18)27(29)30)21(26(25-14)15-8-3-2-4-9-15)31-22(28)16-10-7-13-24-20(16)23/h2-13H,1H3. The van der Waals surface area contributed by atoms with Gasteiger partial charge in [0.15, 0.2) is 0 Å². The van der Waals surface area contributed by atoms with Gasteiger partial charge in [0.05, 0.1) is 31.7 Å². The topological polar surface area (TPSA) is 100 Å². The van der Waals surface area contributed by atoms with E-state index < -0.39 is 10.9 Å². The average molecular weight is 467 g/mol. The molecule has 0 unspecified atom stereocenters. The molecule has 0 radical (unpaired) electrons. The van der Waals surface area contributed by atoms with Gasteiger partial charge in [0.25, 0.3) is 5.69 Å². The molecule has 0 N–H and O–H groups in total. The van der Waals surface area contributed by atoms with Gasteiger partial charge in [-0.25, -0.2) is 9.78 Å². The Kier molecular flexibility index (Phi) is 6.20. The number of carbonyl (C=O) groups is 1. The molecule has 2 heterocycles. The number of nitro groups is 1. The average Bonchev–Trinajstić information content (AvgIpc) is 3.10. The van der Waals surface area contributed by atoms with Gasteiger partial charge in [-0.15, -0.1) is 0 Å². The Bertz CT molecular complexity index is 1310. The van der Waals surface area contributed by atoms with Crippen LogP contribution in [0.3, 0.4) is 0 Å². The molecule has 4 aromatic rings. The molecule has 10 heteroatoms. The molecule has 0 aliphatic rings. The first kappa shape index (κ1) is 21.5. The van der Waals surface area contributed by atoms with Crippen molar-refractivity contribution >= 4 is 35.0 Å². The summed E-state index contributed by atoms with van der Waals surface area (Å²) in [5, 5.41) is 16.0. The zero-order chi connectivity index (χ0) is 22.7. The SMILES string of the molecule is Cc1nn(-c2ccccc2)c(OC(=O)c2cccnc2Cl)c1Sc1ccccc1[N+](=O)[O-]. The van der Waals surface area contributed by atoms with Crippen LogP contribution in [0.25, 0.3) is 5.69 Å². The van der Waals surface area contributed by atoms with Crippen LogP contribution in [0.1, 0.15) is 16.1 Å². The summed E-state index contributed by atoms with van der Waals surface area (Å²) in [6, 6.07) is 18.5. The van der Waals surface area contributed by atoms with Gasteiger partial charge in [-0.1, -0.05) is 53.7 Å². The Morgan fingerprint density at radius 2 is 1.81 bits per heavy atom. The number of hydrogen-bond donors (Lipinski definition) is 0. The van der Waals surface area contributed by atoms with Crippen molar-refractivity contribution in [2.45, 2.75) is 16.7 Å². The lowest BCUT2D eigenvalue weighted by Gasteiger charge is -2.10. The van der Waals surface area contributed by atoms with Gasteiger partial charge in [0.1, 0.15) is 5.15 Å². The number of aromatic nitrogens is 3. The highest BCUT2D eigenvalue weighted by Gasteiger charge is 2.26. The number of aryl methyl sites for hydroxylation is 1. The van der Waals surface area contributed by atoms with E-state index in [-0.39, 0.29) is 22.3 Å². The Balaban J connectivity index is 1.82. The third kappa shape index (κ3) is 4.34. The molecule has 8 nitrogen and oxygen atoms in total. The summed E-state index contributed by atoms with van der Waals surface area (Å²) in [5.74, 6) is -0.591. The number of esters is 1. The fraction of sp³-hybridized carbons (Fsp3) is 0.0455. The van der Waals surface area contributed by atoms with Crippen LogP contribution in [-0.4, -0.2) is 25.7 Å². The van der Waals surface area contributed by atoms with E-state index in [9.17, 15) is 14.9 Å². The molecule has 2 aromatic carbocycles. The van der Waals surface area contributed by atoms with Gasteiger partial charge in [-0.3, -0.25) is 10.1 Å². The molecule has 160 valence electrons. The highest BCUT2D eigenvalue weighted by atomic mass is 35.5. The first-order chi connectivity index (χ1) is 15.5. The van der Waals surface area contributed by atoms with Gasteiger partial charge in [0.2, 0.25) is 5.88 Å². The summed E-state index contributed by atoms with van der Waals surface area (Å²) in [6.45, 7) is 1.74. The maximum Gasteiger partial charge on any atom is 0.348 e. The summed E-state index contributed by atoms with van der Waals surface area (Å²) in [4.78, 5) is 28.7. The van der Waals surface area contributed by atoms with Crippen molar-refractivity contribution in [1.29, 1.82) is 0 Å². The lowest BCUT2D eigenvalue weighted by molar-refractivity contribution is -0.387. The second kappa shape index (κ2) is 9.21. The second-order valence-electron chi connectivity index (χ2n) is 6.53. The van der Waals surface area contributed by atoms with Crippen molar-refractivity contribution in [3.63, 3.8) is 0 Å². The van der Waals surface area contributed by atoms with Crippen molar-refractivity contribution < 1.29 is 14.5 Å². The van der Waals surface area contributed by atoms with E-state index in [2.05, 4.69) is 10.1 Å². The zero-order valence-corrected chi connectivity index (χ0v) is 18.2. The van der Waals surface area contributed by atoms with Gasteiger partial charge in [-0.2, -0.15) is 9.78 Å². The zero-order valence-electron chi connectivity index (χ0n) is 16.6. The first-order valence-corrected chi connectivity index (χ1v) is 10.5. The van der Waals surface area contributed by atoms with Crippen molar-refractivity contribution in [3.8, 4) is 11.6 Å². The largest absolute Gasteiger partial charge is 0.402 e. The lowest BCUT2D eigenvalue weighted by atomic mass is 10.3. The van der Waals surface area contributed by atoms with Crippen LogP contribution < -0.4 is 4.74 Å². The summed E-state index contributed by atoms with van der Waals surface area (Å²) < 4.78 is 7.22. The fourth-order valence-corrected chi connectivity index (χ4v) is 4.14. The molecule has 0 atom stereocenters. The number of carbonyl (C=O) groups excluding carboxylic acids is 1. The summed E-state index contributed by atoms with van der Waals surface area (Å²) in [5.41, 5.74) is 1.23. The molecule has 0 fully saturated rings. The van der Waals surface area contributed by atoms with E-state index in [0.29, 0.717) is 21.2 Å². The number of nitro benzene ring substituents is 1. The van der Waals surface area contributed by atoms with E-state index >= 15 is 0 Å². The Hall–Kier alpha value is -3.69. The van der Waals surface area contributed by atoms with Crippen molar-refractivity contribution in [2.75, 3.05) is 0 Å². The lowest BCUT2D eigenvalue weighted by Crippen LogP contribution is -2.13. The molecule has 4 rings (SSSR count). The number of hydrogen-bond acceptors (Lipinski definition) is 7. The van der Waals surface area contributed by atoms with Crippen LogP contribution in [-0.2, 0) is 0 Å². The van der Waals surface area contributed by atoms with E-state index in [1.165, 1.54) is 23.0 Å². The minimum atomic E-state index is -0.718. The number of para-hydroxylation sites is 2. The first-order valence-electron chi connectivity index (χ1n) is 9.34. The van der Waals surface area contributed by atoms with Gasteiger partial charge in [-0.05, 0) is 37.3 Å². The third-order valence-electron chi connectivity index (χ3n) is 4.41. The molecule has 0 aliphatic heterocycles. The van der Waals surface area contributed by atoms with Crippen LogP contribution >= 0.6 is 23.4 Å². The normalized spacial score (nSPS) is 10.7. The smallest absolute Gasteiger partial charge is 0.348 e. The van der Waals surface area contributed by atoms with Crippen molar-refractivity contribution in [2.24, 2.45) is 0 Å². The fourth-order valence-electron chi connectivity index (χ4n) is 2.93. The van der Waals surface area contributed by atoms with Crippen LogP contribution in [0, 0.1) is 17.0 Å². The molecule has 0 amide bonds. The summed E-state index contributed by atoms with van der Waals surface area (Å²) >= 11 is 7.16. The van der Waals surface area contributed by atoms with Crippen LogP contribution in [0.15, 0.2) is 82.7 Å². The van der Waals surface area contributed by atoms with Gasteiger partial charge >= 0.3 is 5.97 Å². The maximum absolute atomic E-state index is 12.9. The number of rotatable bonds is 6. The molecule has 0 saturated heterocycles. The highest BCUT2D eigenvalue weighted by molar-refractivity contribution is 7.99. The predicted octanol–water partition coefficient (Wildman–Crippen LogP) is 5.51. The van der Waals surface area contributed by atoms with Gasteiger partial charge in [0, 0.05) is 12.3 Å². The molecule has 0 saturated carbocycles. The molecule has 32 heavy (non-hydrogen) atoms. The molecule has 0 bridgehead atoms. The highest BCUT2D eigenvalue weighted by Crippen LogP contribution is 2.42. The minimum Gasteiger partial charge on any atom is -0.402 e. The Labute approximate surface area is 192 Å². The van der Waals surface area contributed by atoms with E-state index in [4.69, 9.17) is 16.3 Å². The van der Waals surface area contributed by atoms with Crippen molar-refractivity contribution in [1.82, 2.24) is 14.8 Å². The second-order valence-corrected chi connectivity index (χ2v) is 7.94. The Morgan fingerprint density at radius 3 is 2.53 bits per heavy atom. The number of ether oxygens (including phenoxy) is 1. The van der Waals surface area contributed by atoms with E-state index in [1.54, 1.807) is 43.3 Å². The third-order valence-corrected chi connectivity index (χ3v) is 5.95. The summed E-state index contributed by atoms with van der Waals surface area (Å²) in [6.07, 6.45) is 1.47. The molecular weight excluding hydrogens is 452 g/mol. The molecular formula is C22H15ClN4O4S. The van der Waals surface area contributed by atoms with Crippen molar-refractivity contribution in [3.05, 3.63) is 99.5 Å². The molecule has 2 aromatic heterocycles. The number of halogens is 1. The maximum atomic E-state index is 12.9. The predicted molar refractivity (Wildman–Crippen MR) is 120 cm³/mol. The monoisotopic (exact) mass is 466 g/mol. The van der Waals surface area contributed by atoms with Gasteiger partial charge < -0.3 is 4.74 Å². The van der Waals surface area contributed by atoms with Crippen LogP contribution in [0.2, 0.25) is 5.15 Å².